The van der Waals surface area contributed by atoms with E-state index < -0.39 is 0 Å². The molecule has 2 atom stereocenters. The summed E-state index contributed by atoms with van der Waals surface area (Å²) >= 11 is 0. The fourth-order valence-corrected chi connectivity index (χ4v) is 3.92. The number of fused-ring (bicyclic) bond motifs is 4. The minimum atomic E-state index is 0.0629. The lowest BCUT2D eigenvalue weighted by Crippen LogP contribution is -2.62. The normalized spacial score (nSPS) is 30.6. The molecule has 0 saturated carbocycles. The topological polar surface area (TPSA) is 73.9 Å². The van der Waals surface area contributed by atoms with Crippen molar-refractivity contribution >= 4 is 16.9 Å². The molecule has 0 radical (unpaired) electrons. The van der Waals surface area contributed by atoms with Crippen LogP contribution in [0.2, 0.25) is 0 Å². The number of pyridine rings is 1. The average Bonchev–Trinajstić information content (AvgIpc) is 2.99. The van der Waals surface area contributed by atoms with Crippen molar-refractivity contribution in [1.29, 1.82) is 0 Å². The average molecular weight is 299 g/mol. The molecule has 6 heteroatoms. The number of nitrogens with zero attached hydrogens (tertiary/aromatic N) is 3. The molecule has 3 saturated heterocycles. The van der Waals surface area contributed by atoms with Crippen LogP contribution < -0.4 is 5.32 Å². The largest absolute Gasteiger partial charge is 0.351 e. The third-order valence-electron chi connectivity index (χ3n) is 5.21. The minimum absolute atomic E-state index is 0.0629. The van der Waals surface area contributed by atoms with Gasteiger partial charge in [-0.3, -0.25) is 14.7 Å². The Morgan fingerprint density at radius 3 is 3.00 bits per heavy atom. The Hall–Kier alpha value is -1.95. The van der Waals surface area contributed by atoms with E-state index in [0.29, 0.717) is 18.4 Å². The number of aromatic nitrogens is 3. The fourth-order valence-electron chi connectivity index (χ4n) is 3.92. The van der Waals surface area contributed by atoms with Crippen molar-refractivity contribution in [2.24, 2.45) is 5.92 Å². The molecule has 5 heterocycles. The highest BCUT2D eigenvalue weighted by Gasteiger charge is 2.40. The summed E-state index contributed by atoms with van der Waals surface area (Å²) in [5.74, 6) is 0.693. The molecular weight excluding hydrogens is 278 g/mol. The highest BCUT2D eigenvalue weighted by molar-refractivity contribution is 5.80. The van der Waals surface area contributed by atoms with E-state index in [1.165, 1.54) is 25.9 Å². The Morgan fingerprint density at radius 2 is 2.23 bits per heavy atom. The van der Waals surface area contributed by atoms with Crippen LogP contribution in [0.5, 0.6) is 0 Å². The van der Waals surface area contributed by atoms with Crippen molar-refractivity contribution in [3.8, 4) is 0 Å². The molecule has 2 aromatic rings. The van der Waals surface area contributed by atoms with Crippen molar-refractivity contribution in [3.63, 3.8) is 0 Å². The number of amides is 1. The molecule has 3 aliphatic heterocycles. The lowest BCUT2D eigenvalue weighted by molar-refractivity contribution is -0.123. The molecule has 3 fully saturated rings. The lowest BCUT2D eigenvalue weighted by atomic mass is 9.79. The number of nitrogens with one attached hydrogen (secondary N) is 2. The van der Waals surface area contributed by atoms with E-state index in [1.54, 1.807) is 12.5 Å². The molecule has 0 aromatic carbocycles. The number of aromatic amines is 1. The summed E-state index contributed by atoms with van der Waals surface area (Å²) in [4.78, 5) is 26.4. The number of hydrogen-bond donors (Lipinski definition) is 2. The van der Waals surface area contributed by atoms with Crippen LogP contribution in [0.4, 0.5) is 0 Å². The Bertz CT molecular complexity index is 687. The number of carbonyl (C=O) groups is 1. The number of H-pyrrole nitrogens is 1. The van der Waals surface area contributed by atoms with Crippen LogP contribution >= 0.6 is 0 Å². The van der Waals surface area contributed by atoms with Crippen molar-refractivity contribution in [2.45, 2.75) is 38.3 Å². The van der Waals surface area contributed by atoms with E-state index in [-0.39, 0.29) is 11.9 Å². The summed E-state index contributed by atoms with van der Waals surface area (Å²) in [6.07, 6.45) is 6.10. The van der Waals surface area contributed by atoms with Gasteiger partial charge in [-0.2, -0.15) is 0 Å². The second-order valence-corrected chi connectivity index (χ2v) is 6.48. The van der Waals surface area contributed by atoms with Crippen LogP contribution in [0.1, 0.15) is 25.5 Å². The first kappa shape index (κ1) is 13.7. The van der Waals surface area contributed by atoms with Gasteiger partial charge < -0.3 is 10.3 Å². The molecule has 2 bridgehead atoms. The van der Waals surface area contributed by atoms with Crippen molar-refractivity contribution < 1.29 is 4.79 Å². The Morgan fingerprint density at radius 1 is 1.41 bits per heavy atom. The molecule has 2 N–H and O–H groups in total. The minimum Gasteiger partial charge on any atom is -0.351 e. The van der Waals surface area contributed by atoms with Gasteiger partial charge in [0.1, 0.15) is 0 Å². The highest BCUT2D eigenvalue weighted by atomic mass is 16.1. The fraction of sp³-hybridized carbons (Fsp3) is 0.562. The van der Waals surface area contributed by atoms with Gasteiger partial charge in [0.05, 0.1) is 35.7 Å². The van der Waals surface area contributed by atoms with Crippen LogP contribution in [0.25, 0.3) is 11.0 Å². The standard InChI is InChI=1S/C16H21N5O/c1-10-16(11-2-4-21(10)5-3-11)20-15(22)7-12-6-13-14(8-17-12)19-9-18-13/h6,8-11,16H,2-5,7H2,1H3,(H,18,19)(H,20,22)/t10-,16+/m1/s1. The molecule has 5 rings (SSSR count). The number of piperidine rings is 3. The quantitative estimate of drug-likeness (QED) is 0.890. The van der Waals surface area contributed by atoms with Gasteiger partial charge >= 0.3 is 0 Å². The molecule has 22 heavy (non-hydrogen) atoms. The number of imidazole rings is 1. The second-order valence-electron chi connectivity index (χ2n) is 6.48. The SMILES string of the molecule is C[C@@H]1[C@H](NC(=O)Cc2cc3nc[nH]c3cn2)C2CCN1CC2. The summed E-state index contributed by atoms with van der Waals surface area (Å²) in [7, 11) is 0. The van der Waals surface area contributed by atoms with E-state index in [0.717, 1.165) is 16.7 Å². The first-order valence-electron chi connectivity index (χ1n) is 8.02. The van der Waals surface area contributed by atoms with Gasteiger partial charge in [0.15, 0.2) is 0 Å². The predicted molar refractivity (Wildman–Crippen MR) is 83.3 cm³/mol. The zero-order valence-corrected chi connectivity index (χ0v) is 12.7. The maximum Gasteiger partial charge on any atom is 0.226 e. The number of hydrogen-bond acceptors (Lipinski definition) is 4. The molecule has 2 aromatic heterocycles. The zero-order valence-electron chi connectivity index (χ0n) is 12.7. The molecule has 3 aliphatic rings. The van der Waals surface area contributed by atoms with Gasteiger partial charge in [0.25, 0.3) is 0 Å². The van der Waals surface area contributed by atoms with Crippen LogP contribution in [-0.4, -0.2) is 50.9 Å². The Balaban J connectivity index is 1.43. The predicted octanol–water partition coefficient (Wildman–Crippen LogP) is 1.10. The monoisotopic (exact) mass is 299 g/mol. The maximum atomic E-state index is 12.4. The summed E-state index contributed by atoms with van der Waals surface area (Å²) in [6, 6.07) is 2.60. The smallest absolute Gasteiger partial charge is 0.226 e. The first-order chi connectivity index (χ1) is 10.7. The van der Waals surface area contributed by atoms with E-state index in [2.05, 4.69) is 32.1 Å². The Labute approximate surface area is 129 Å². The van der Waals surface area contributed by atoms with Crippen LogP contribution in [0.3, 0.4) is 0 Å². The van der Waals surface area contributed by atoms with Crippen LogP contribution in [0, 0.1) is 5.92 Å². The van der Waals surface area contributed by atoms with Crippen LogP contribution in [-0.2, 0) is 11.2 Å². The lowest BCUT2D eigenvalue weighted by Gasteiger charge is -2.49. The summed E-state index contributed by atoms with van der Waals surface area (Å²) in [6.45, 7) is 4.58. The van der Waals surface area contributed by atoms with Gasteiger partial charge in [0, 0.05) is 12.1 Å². The van der Waals surface area contributed by atoms with E-state index in [4.69, 9.17) is 0 Å². The van der Waals surface area contributed by atoms with Gasteiger partial charge in [0.2, 0.25) is 5.91 Å². The maximum absolute atomic E-state index is 12.4. The highest BCUT2D eigenvalue weighted by Crippen LogP contribution is 2.32. The van der Waals surface area contributed by atoms with Crippen molar-refractivity contribution in [3.05, 3.63) is 24.3 Å². The van der Waals surface area contributed by atoms with Crippen molar-refractivity contribution in [2.75, 3.05) is 13.1 Å². The summed E-state index contributed by atoms with van der Waals surface area (Å²) < 4.78 is 0. The molecule has 116 valence electrons. The van der Waals surface area contributed by atoms with Gasteiger partial charge in [-0.25, -0.2) is 4.98 Å². The van der Waals surface area contributed by atoms with E-state index >= 15 is 0 Å². The van der Waals surface area contributed by atoms with Gasteiger partial charge in [-0.05, 0) is 44.8 Å². The third kappa shape index (κ3) is 2.37. The molecular formula is C16H21N5O. The number of rotatable bonds is 3. The Kier molecular flexibility index (Phi) is 3.33. The molecule has 1 amide bonds. The van der Waals surface area contributed by atoms with E-state index in [9.17, 15) is 4.79 Å². The molecule has 0 aliphatic carbocycles. The number of carbonyl (C=O) groups excluding carboxylic acids is 1. The van der Waals surface area contributed by atoms with Gasteiger partial charge in [-0.15, -0.1) is 0 Å². The molecule has 0 unspecified atom stereocenters. The van der Waals surface area contributed by atoms with Crippen molar-refractivity contribution in [1.82, 2.24) is 25.2 Å². The van der Waals surface area contributed by atoms with E-state index in [1.807, 2.05) is 6.07 Å². The summed E-state index contributed by atoms with van der Waals surface area (Å²) in [5, 5.41) is 3.24. The molecule has 6 nitrogen and oxygen atoms in total. The second kappa shape index (κ2) is 5.35. The zero-order chi connectivity index (χ0) is 15.1. The molecule has 0 spiro atoms. The first-order valence-corrected chi connectivity index (χ1v) is 8.02. The van der Waals surface area contributed by atoms with Gasteiger partial charge in [-0.1, -0.05) is 0 Å². The third-order valence-corrected chi connectivity index (χ3v) is 5.21. The van der Waals surface area contributed by atoms with Crippen LogP contribution in [0.15, 0.2) is 18.6 Å². The summed E-state index contributed by atoms with van der Waals surface area (Å²) in [5.41, 5.74) is 2.52.